The van der Waals surface area contributed by atoms with Crippen molar-refractivity contribution in [2.75, 3.05) is 41.7 Å². The summed E-state index contributed by atoms with van der Waals surface area (Å²) in [4.78, 5) is 0. The van der Waals surface area contributed by atoms with Crippen molar-refractivity contribution in [3.8, 4) is 0 Å². The van der Waals surface area contributed by atoms with E-state index in [1.54, 1.807) is 28.4 Å². The fourth-order valence-electron chi connectivity index (χ4n) is 7.07. The molecule has 0 amide bonds. The van der Waals surface area contributed by atoms with Gasteiger partial charge in [0.15, 0.2) is 12.6 Å². The van der Waals surface area contributed by atoms with Crippen molar-refractivity contribution in [2.24, 2.45) is 0 Å². The molecule has 11 nitrogen and oxygen atoms in total. The second-order valence-corrected chi connectivity index (χ2v) is 13.5. The molecule has 0 aromatic heterocycles. The Bertz CT molecular complexity index is 1620. The highest BCUT2D eigenvalue weighted by atomic mass is 16.7. The minimum Gasteiger partial charge on any atom is -0.376 e. The summed E-state index contributed by atoms with van der Waals surface area (Å²) in [6.07, 6.45) is -6.36. The first-order valence-electron chi connectivity index (χ1n) is 18.7. The van der Waals surface area contributed by atoms with E-state index < -0.39 is 61.4 Å². The van der Waals surface area contributed by atoms with Crippen molar-refractivity contribution in [3.05, 3.63) is 144 Å². The third-order valence-electron chi connectivity index (χ3n) is 9.91. The molecular formula is C44H54O11. The fraction of sp³-hybridized carbons (Fsp3) is 0.455. The first-order valence-corrected chi connectivity index (χ1v) is 18.7. The topological polar surface area (TPSA) is 102 Å². The van der Waals surface area contributed by atoms with Crippen molar-refractivity contribution in [3.63, 3.8) is 0 Å². The maximum absolute atomic E-state index is 6.86. The molecule has 2 saturated heterocycles. The highest BCUT2D eigenvalue weighted by Gasteiger charge is 2.51. The number of methoxy groups -OCH3 is 4. The van der Waals surface area contributed by atoms with Gasteiger partial charge in [0.25, 0.3) is 0 Å². The predicted octanol–water partition coefficient (Wildman–Crippen LogP) is 6.12. The van der Waals surface area contributed by atoms with Crippen LogP contribution >= 0.6 is 0 Å². The Morgan fingerprint density at radius 3 is 1.25 bits per heavy atom. The van der Waals surface area contributed by atoms with Crippen LogP contribution in [0, 0.1) is 0 Å². The lowest BCUT2D eigenvalue weighted by Crippen LogP contribution is -2.63. The van der Waals surface area contributed by atoms with Crippen molar-refractivity contribution in [1.29, 1.82) is 0 Å². The van der Waals surface area contributed by atoms with Crippen LogP contribution in [0.15, 0.2) is 121 Å². The highest BCUT2D eigenvalue weighted by Crippen LogP contribution is 2.33. The van der Waals surface area contributed by atoms with Crippen LogP contribution in [0.1, 0.15) is 22.3 Å². The summed E-state index contributed by atoms with van der Waals surface area (Å²) in [5.41, 5.74) is 4.06. The van der Waals surface area contributed by atoms with E-state index >= 15 is 0 Å². The lowest BCUT2D eigenvalue weighted by Gasteiger charge is -2.47. The average molecular weight is 759 g/mol. The van der Waals surface area contributed by atoms with Gasteiger partial charge >= 0.3 is 0 Å². The molecule has 10 atom stereocenters. The standard InChI is InChI=1S/C44H54O11/c1-45-37-36(54-43(48-4)41(47-3)39(37)46-2)30-53-44-42(52-28-34-23-15-8-16-24-34)40(51-27-33-21-13-7-14-22-33)38(50-26-32-19-11-6-12-20-32)35(55-44)29-49-25-31-17-9-5-10-18-31/h5-24,35-44H,25-30H2,1-4H3/t35?,36?,37-,38-,39?,40?,41?,42?,43+,44-/m1/s1. The van der Waals surface area contributed by atoms with Gasteiger partial charge in [0.05, 0.1) is 39.6 Å². The van der Waals surface area contributed by atoms with Gasteiger partial charge in [-0.05, 0) is 22.3 Å². The summed E-state index contributed by atoms with van der Waals surface area (Å²) < 4.78 is 69.8. The van der Waals surface area contributed by atoms with Crippen LogP contribution in [-0.4, -0.2) is 103 Å². The SMILES string of the molecule is COC1C(OC)[C@H](OC)C(CO[C@@H]2OC(COCc3ccccc3)[C@@H](OCc3ccccc3)C(OCc3ccccc3)C2OCc2ccccc2)O[C@@H]1OC. The predicted molar refractivity (Wildman–Crippen MR) is 204 cm³/mol. The quantitative estimate of drug-likeness (QED) is 0.104. The van der Waals surface area contributed by atoms with E-state index in [9.17, 15) is 0 Å². The molecular weight excluding hydrogens is 704 g/mol. The summed E-state index contributed by atoms with van der Waals surface area (Å²) in [6.45, 7) is 1.59. The molecule has 4 aromatic carbocycles. The van der Waals surface area contributed by atoms with E-state index in [-0.39, 0.29) is 19.8 Å². The number of hydrogen-bond donors (Lipinski definition) is 0. The van der Waals surface area contributed by atoms with Gasteiger partial charge in [0, 0.05) is 28.4 Å². The van der Waals surface area contributed by atoms with Crippen LogP contribution in [0.25, 0.3) is 0 Å². The van der Waals surface area contributed by atoms with Gasteiger partial charge in [0.2, 0.25) is 0 Å². The lowest BCUT2D eigenvalue weighted by molar-refractivity contribution is -0.346. The minimum atomic E-state index is -0.922. The third kappa shape index (κ3) is 11.3. The van der Waals surface area contributed by atoms with Gasteiger partial charge in [0.1, 0.15) is 48.8 Å². The number of hydrogen-bond acceptors (Lipinski definition) is 11. The summed E-state index contributed by atoms with van der Waals surface area (Å²) in [5.74, 6) is 0. The number of ether oxygens (including phenoxy) is 11. The van der Waals surface area contributed by atoms with Crippen molar-refractivity contribution in [1.82, 2.24) is 0 Å². The van der Waals surface area contributed by atoms with Gasteiger partial charge in [-0.15, -0.1) is 0 Å². The normalized spacial score (nSPS) is 28.2. The Balaban J connectivity index is 1.31. The first kappa shape index (κ1) is 41.1. The van der Waals surface area contributed by atoms with Crippen molar-refractivity contribution in [2.45, 2.75) is 87.8 Å². The molecule has 2 aliphatic rings. The van der Waals surface area contributed by atoms with Gasteiger partial charge in [-0.1, -0.05) is 121 Å². The second-order valence-electron chi connectivity index (χ2n) is 13.5. The van der Waals surface area contributed by atoms with Gasteiger partial charge in [-0.3, -0.25) is 0 Å². The van der Waals surface area contributed by atoms with E-state index in [0.29, 0.717) is 19.8 Å². The van der Waals surface area contributed by atoms with E-state index in [2.05, 4.69) is 0 Å². The molecule has 0 saturated carbocycles. The molecule has 0 spiro atoms. The van der Waals surface area contributed by atoms with Crippen molar-refractivity contribution < 1.29 is 52.1 Å². The van der Waals surface area contributed by atoms with Crippen LogP contribution in [0.5, 0.6) is 0 Å². The van der Waals surface area contributed by atoms with Crippen LogP contribution in [0.4, 0.5) is 0 Å². The molecule has 4 aromatic rings. The smallest absolute Gasteiger partial charge is 0.187 e. The first-order chi connectivity index (χ1) is 27.1. The third-order valence-corrected chi connectivity index (χ3v) is 9.91. The Labute approximate surface area is 324 Å². The Morgan fingerprint density at radius 2 is 0.782 bits per heavy atom. The number of benzene rings is 4. The van der Waals surface area contributed by atoms with Crippen LogP contribution in [0.2, 0.25) is 0 Å². The number of rotatable bonds is 20. The summed E-state index contributed by atoms with van der Waals surface area (Å²) in [5, 5.41) is 0. The Morgan fingerprint density at radius 1 is 0.364 bits per heavy atom. The molecule has 2 heterocycles. The molecule has 2 aliphatic heterocycles. The fourth-order valence-corrected chi connectivity index (χ4v) is 7.07. The van der Waals surface area contributed by atoms with E-state index in [1.165, 1.54) is 0 Å². The van der Waals surface area contributed by atoms with E-state index in [4.69, 9.17) is 52.1 Å². The lowest BCUT2D eigenvalue weighted by atomic mass is 9.97. The largest absolute Gasteiger partial charge is 0.376 e. The van der Waals surface area contributed by atoms with E-state index in [0.717, 1.165) is 22.3 Å². The molecule has 0 aliphatic carbocycles. The Hall–Kier alpha value is -3.56. The van der Waals surface area contributed by atoms with Gasteiger partial charge in [-0.25, -0.2) is 0 Å². The monoisotopic (exact) mass is 758 g/mol. The summed E-state index contributed by atoms with van der Waals surface area (Å²) in [6, 6.07) is 40.1. The summed E-state index contributed by atoms with van der Waals surface area (Å²) in [7, 11) is 6.38. The maximum atomic E-state index is 6.86. The van der Waals surface area contributed by atoms with Crippen LogP contribution in [-0.2, 0) is 78.5 Å². The maximum Gasteiger partial charge on any atom is 0.187 e. The zero-order valence-corrected chi connectivity index (χ0v) is 32.1. The minimum absolute atomic E-state index is 0.0586. The van der Waals surface area contributed by atoms with Gasteiger partial charge in [-0.2, -0.15) is 0 Å². The van der Waals surface area contributed by atoms with Crippen molar-refractivity contribution >= 4 is 0 Å². The second kappa shape index (κ2) is 21.7. The molecule has 6 unspecified atom stereocenters. The molecule has 2 fully saturated rings. The molecule has 0 bridgehead atoms. The summed E-state index contributed by atoms with van der Waals surface area (Å²) >= 11 is 0. The van der Waals surface area contributed by atoms with Crippen LogP contribution < -0.4 is 0 Å². The molecule has 296 valence electrons. The molecule has 11 heteroatoms. The van der Waals surface area contributed by atoms with Gasteiger partial charge < -0.3 is 52.1 Å². The highest BCUT2D eigenvalue weighted by molar-refractivity contribution is 5.16. The van der Waals surface area contributed by atoms with Crippen LogP contribution in [0.3, 0.4) is 0 Å². The molecule has 55 heavy (non-hydrogen) atoms. The zero-order valence-electron chi connectivity index (χ0n) is 32.1. The Kier molecular flexibility index (Phi) is 16.2. The zero-order chi connectivity index (χ0) is 38.2. The molecule has 0 N–H and O–H groups in total. The van der Waals surface area contributed by atoms with E-state index in [1.807, 2.05) is 121 Å². The molecule has 6 rings (SSSR count). The average Bonchev–Trinajstić information content (AvgIpc) is 3.24. The molecule has 0 radical (unpaired) electrons.